The second-order valence-electron chi connectivity index (χ2n) is 5.92. The molecule has 1 aliphatic heterocycles. The molecule has 3 nitrogen and oxygen atoms in total. The highest BCUT2D eigenvalue weighted by Crippen LogP contribution is 2.43. The highest BCUT2D eigenvalue weighted by Gasteiger charge is 2.41. The van der Waals surface area contributed by atoms with Crippen molar-refractivity contribution in [3.63, 3.8) is 0 Å². The topological polar surface area (TPSA) is 30.5 Å². The normalized spacial score (nSPS) is 23.9. The Morgan fingerprint density at radius 2 is 2.00 bits per heavy atom. The van der Waals surface area contributed by atoms with E-state index in [0.717, 1.165) is 25.7 Å². The summed E-state index contributed by atoms with van der Waals surface area (Å²) >= 11 is 0. The Kier molecular flexibility index (Phi) is 4.29. The van der Waals surface area contributed by atoms with Crippen LogP contribution < -0.4 is 10.1 Å². The number of hydrogen-bond acceptors (Lipinski definition) is 3. The molecular formula is C16H21F2NO2. The molecule has 0 amide bonds. The number of benzene rings is 1. The molecule has 1 aromatic carbocycles. The van der Waals surface area contributed by atoms with Gasteiger partial charge in [0.05, 0.1) is 17.4 Å². The molecule has 1 N–H and O–H groups in total. The Labute approximate surface area is 123 Å². The van der Waals surface area contributed by atoms with Crippen molar-refractivity contribution in [2.45, 2.75) is 56.8 Å². The zero-order valence-corrected chi connectivity index (χ0v) is 12.0. The van der Waals surface area contributed by atoms with Gasteiger partial charge in [0.2, 0.25) is 0 Å². The van der Waals surface area contributed by atoms with E-state index in [0.29, 0.717) is 12.2 Å². The summed E-state index contributed by atoms with van der Waals surface area (Å²) in [4.78, 5) is 0. The lowest BCUT2D eigenvalue weighted by atomic mass is 9.98. The average Bonchev–Trinajstić information content (AvgIpc) is 3.08. The molecule has 1 atom stereocenters. The van der Waals surface area contributed by atoms with Gasteiger partial charge in [0.25, 0.3) is 0 Å². The van der Waals surface area contributed by atoms with Crippen LogP contribution in [0.2, 0.25) is 0 Å². The van der Waals surface area contributed by atoms with Crippen molar-refractivity contribution < 1.29 is 18.3 Å². The van der Waals surface area contributed by atoms with Crippen molar-refractivity contribution >= 4 is 5.69 Å². The maximum absolute atomic E-state index is 12.4. The predicted molar refractivity (Wildman–Crippen MR) is 76.9 cm³/mol. The van der Waals surface area contributed by atoms with Crippen LogP contribution in [0.25, 0.3) is 0 Å². The summed E-state index contributed by atoms with van der Waals surface area (Å²) in [7, 11) is 0. The van der Waals surface area contributed by atoms with E-state index in [9.17, 15) is 8.78 Å². The van der Waals surface area contributed by atoms with Crippen LogP contribution in [0.15, 0.2) is 24.3 Å². The Morgan fingerprint density at radius 3 is 2.76 bits per heavy atom. The molecule has 3 rings (SSSR count). The molecule has 1 saturated carbocycles. The van der Waals surface area contributed by atoms with Crippen LogP contribution in [0.1, 0.15) is 38.5 Å². The van der Waals surface area contributed by atoms with E-state index >= 15 is 0 Å². The molecule has 1 unspecified atom stereocenters. The van der Waals surface area contributed by atoms with E-state index < -0.39 is 6.61 Å². The lowest BCUT2D eigenvalue weighted by Gasteiger charge is -2.24. The molecular weight excluding hydrogens is 276 g/mol. The van der Waals surface area contributed by atoms with Crippen LogP contribution in [-0.4, -0.2) is 24.9 Å². The second kappa shape index (κ2) is 6.18. The molecule has 2 fully saturated rings. The van der Waals surface area contributed by atoms with Crippen LogP contribution in [-0.2, 0) is 4.74 Å². The Morgan fingerprint density at radius 1 is 1.24 bits per heavy atom. The van der Waals surface area contributed by atoms with Gasteiger partial charge >= 0.3 is 6.61 Å². The summed E-state index contributed by atoms with van der Waals surface area (Å²) in [6.07, 6.45) is 7.14. The van der Waals surface area contributed by atoms with Crippen LogP contribution in [0.4, 0.5) is 14.5 Å². The third kappa shape index (κ3) is 3.46. The second-order valence-corrected chi connectivity index (χ2v) is 5.92. The third-order valence-corrected chi connectivity index (χ3v) is 4.48. The molecule has 5 heteroatoms. The van der Waals surface area contributed by atoms with E-state index in [2.05, 4.69) is 10.1 Å². The Bertz CT molecular complexity index is 475. The monoisotopic (exact) mass is 297 g/mol. The molecule has 1 aliphatic carbocycles. The zero-order chi connectivity index (χ0) is 14.7. The van der Waals surface area contributed by atoms with Gasteiger partial charge in [-0.15, -0.1) is 0 Å². The van der Waals surface area contributed by atoms with Gasteiger partial charge in [0.1, 0.15) is 5.75 Å². The van der Waals surface area contributed by atoms with Crippen LogP contribution in [0, 0.1) is 0 Å². The fourth-order valence-electron chi connectivity index (χ4n) is 3.46. The SMILES string of the molecule is FC(F)Oc1ccccc1NCC1CCC2(CCCC2)O1. The third-order valence-electron chi connectivity index (χ3n) is 4.48. The zero-order valence-electron chi connectivity index (χ0n) is 12.0. The molecule has 2 aliphatic rings. The fraction of sp³-hybridized carbons (Fsp3) is 0.625. The molecule has 116 valence electrons. The number of anilines is 1. The summed E-state index contributed by atoms with van der Waals surface area (Å²) in [5.41, 5.74) is 0.694. The van der Waals surface area contributed by atoms with Gasteiger partial charge in [-0.25, -0.2) is 0 Å². The minimum Gasteiger partial charge on any atom is -0.433 e. The van der Waals surface area contributed by atoms with Crippen molar-refractivity contribution in [3.05, 3.63) is 24.3 Å². The van der Waals surface area contributed by atoms with Gasteiger partial charge in [-0.2, -0.15) is 8.78 Å². The number of nitrogens with one attached hydrogen (secondary N) is 1. The van der Waals surface area contributed by atoms with E-state index in [-0.39, 0.29) is 17.5 Å². The van der Waals surface area contributed by atoms with Gasteiger partial charge in [-0.1, -0.05) is 25.0 Å². The van der Waals surface area contributed by atoms with Crippen LogP contribution in [0.5, 0.6) is 5.75 Å². The van der Waals surface area contributed by atoms with Gasteiger partial charge in [0.15, 0.2) is 0 Å². The van der Waals surface area contributed by atoms with Gasteiger partial charge in [-0.05, 0) is 37.8 Å². The van der Waals surface area contributed by atoms with Crippen LogP contribution >= 0.6 is 0 Å². The first-order valence-electron chi connectivity index (χ1n) is 7.62. The van der Waals surface area contributed by atoms with Crippen molar-refractivity contribution in [2.24, 2.45) is 0 Å². The first kappa shape index (κ1) is 14.6. The molecule has 1 heterocycles. The molecule has 21 heavy (non-hydrogen) atoms. The molecule has 1 aromatic rings. The number of para-hydroxylation sites is 2. The van der Waals surface area contributed by atoms with Gasteiger partial charge in [0, 0.05) is 6.54 Å². The Balaban J connectivity index is 1.56. The number of alkyl halides is 2. The largest absolute Gasteiger partial charge is 0.433 e. The maximum atomic E-state index is 12.4. The lowest BCUT2D eigenvalue weighted by molar-refractivity contribution is -0.0494. The highest BCUT2D eigenvalue weighted by atomic mass is 19.3. The summed E-state index contributed by atoms with van der Waals surface area (Å²) in [5.74, 6) is 0.182. The van der Waals surface area contributed by atoms with Gasteiger partial charge in [-0.3, -0.25) is 0 Å². The van der Waals surface area contributed by atoms with E-state index in [1.165, 1.54) is 12.8 Å². The fourth-order valence-corrected chi connectivity index (χ4v) is 3.46. The first-order chi connectivity index (χ1) is 10.2. The average molecular weight is 297 g/mol. The quantitative estimate of drug-likeness (QED) is 0.884. The first-order valence-corrected chi connectivity index (χ1v) is 7.62. The maximum Gasteiger partial charge on any atom is 0.387 e. The summed E-state index contributed by atoms with van der Waals surface area (Å²) < 4.78 is 35.5. The van der Waals surface area contributed by atoms with Crippen molar-refractivity contribution in [1.29, 1.82) is 0 Å². The Hall–Kier alpha value is -1.36. The molecule has 1 spiro atoms. The highest BCUT2D eigenvalue weighted by molar-refractivity contribution is 5.56. The van der Waals surface area contributed by atoms with E-state index in [1.807, 2.05) is 0 Å². The minimum atomic E-state index is -2.81. The minimum absolute atomic E-state index is 0.103. The number of rotatable bonds is 5. The molecule has 0 aromatic heterocycles. The number of halogens is 2. The number of ether oxygens (including phenoxy) is 2. The molecule has 1 saturated heterocycles. The van der Waals surface area contributed by atoms with E-state index in [4.69, 9.17) is 4.74 Å². The smallest absolute Gasteiger partial charge is 0.387 e. The van der Waals surface area contributed by atoms with Gasteiger partial charge < -0.3 is 14.8 Å². The predicted octanol–water partition coefficient (Wildman–Crippen LogP) is 4.19. The number of hydrogen-bond donors (Lipinski definition) is 1. The summed E-state index contributed by atoms with van der Waals surface area (Å²) in [6, 6.07) is 6.78. The summed E-state index contributed by atoms with van der Waals surface area (Å²) in [5, 5.41) is 3.18. The molecule has 0 bridgehead atoms. The van der Waals surface area contributed by atoms with Crippen molar-refractivity contribution in [2.75, 3.05) is 11.9 Å². The standard InChI is InChI=1S/C16H21F2NO2/c17-15(18)20-14-6-2-1-5-13(14)19-11-12-7-10-16(21-12)8-3-4-9-16/h1-2,5-6,12,15,19H,3-4,7-11H2. The lowest BCUT2D eigenvalue weighted by Crippen LogP contribution is -2.28. The molecule has 0 radical (unpaired) electrons. The summed E-state index contributed by atoms with van der Waals surface area (Å²) in [6.45, 7) is -2.18. The van der Waals surface area contributed by atoms with Crippen molar-refractivity contribution in [3.8, 4) is 5.75 Å². The van der Waals surface area contributed by atoms with E-state index in [1.54, 1.807) is 24.3 Å². The van der Waals surface area contributed by atoms with Crippen molar-refractivity contribution in [1.82, 2.24) is 0 Å². The van der Waals surface area contributed by atoms with Crippen LogP contribution in [0.3, 0.4) is 0 Å².